The molecule has 1 atom stereocenters. The second-order valence-corrected chi connectivity index (χ2v) is 13.8. The minimum atomic E-state index is 0.282. The molecule has 2 N–H and O–H groups in total. The van der Waals surface area contributed by atoms with Gasteiger partial charge in [-0.1, -0.05) is 125 Å². The Morgan fingerprint density at radius 3 is 1.96 bits per heavy atom. The minimum absolute atomic E-state index is 0.282. The number of nitrogen functional groups attached to an aromatic ring is 1. The van der Waals surface area contributed by atoms with Gasteiger partial charge in [-0.2, -0.15) is 0 Å². The second-order valence-electron chi connectivity index (χ2n) is 13.8. The molecule has 4 aromatic rings. The summed E-state index contributed by atoms with van der Waals surface area (Å²) in [6.45, 7) is 28.4. The smallest absolute Gasteiger partial charge is 0.119 e. The second kappa shape index (κ2) is 24.6. The number of hydrogen-bond acceptors (Lipinski definition) is 4. The summed E-state index contributed by atoms with van der Waals surface area (Å²) >= 11 is 0. The van der Waals surface area contributed by atoms with Crippen LogP contribution in [0.1, 0.15) is 126 Å². The number of fused-ring (bicyclic) bond motifs is 1. The van der Waals surface area contributed by atoms with Crippen LogP contribution in [0.2, 0.25) is 0 Å². The molecule has 1 aromatic heterocycles. The van der Waals surface area contributed by atoms with Crippen LogP contribution in [0.4, 0.5) is 0 Å². The van der Waals surface area contributed by atoms with E-state index in [2.05, 4.69) is 127 Å². The number of aryl methyl sites for hydroxylation is 4. The number of benzene rings is 3. The number of morpholine rings is 1. The molecule has 2 heterocycles. The van der Waals surface area contributed by atoms with E-state index in [0.717, 1.165) is 76.4 Å². The van der Waals surface area contributed by atoms with Crippen LogP contribution in [-0.2, 0) is 11.2 Å². The van der Waals surface area contributed by atoms with E-state index >= 15 is 0 Å². The fraction of sp³-hybridized carbons (Fsp3) is 0.522. The van der Waals surface area contributed by atoms with Crippen molar-refractivity contribution in [3.63, 3.8) is 0 Å². The van der Waals surface area contributed by atoms with Crippen molar-refractivity contribution >= 4 is 10.9 Å². The van der Waals surface area contributed by atoms with E-state index in [9.17, 15) is 0 Å². The summed E-state index contributed by atoms with van der Waals surface area (Å²) in [5.74, 6) is 8.01. The molecule has 0 radical (unpaired) electrons. The van der Waals surface area contributed by atoms with E-state index < -0.39 is 0 Å². The van der Waals surface area contributed by atoms with Gasteiger partial charge in [0.05, 0.1) is 31.0 Å². The third kappa shape index (κ3) is 14.9. The first-order chi connectivity index (χ1) is 24.7. The topological polar surface area (TPSA) is 52.7 Å². The van der Waals surface area contributed by atoms with E-state index in [1.54, 1.807) is 0 Å². The number of rotatable bonds is 14. The number of allylic oxidation sites excluding steroid dienone is 1. The van der Waals surface area contributed by atoms with E-state index in [1.165, 1.54) is 70.2 Å². The third-order valence-electron chi connectivity index (χ3n) is 9.15. The Hall–Kier alpha value is -3.54. The summed E-state index contributed by atoms with van der Waals surface area (Å²) in [4.78, 5) is 2.45. The van der Waals surface area contributed by atoms with Gasteiger partial charge in [-0.15, -0.1) is 6.58 Å². The van der Waals surface area contributed by atoms with Crippen LogP contribution in [0.5, 0.6) is 5.75 Å². The number of nitrogens with zero attached hydrogens (tertiary/aromatic N) is 2. The van der Waals surface area contributed by atoms with Gasteiger partial charge in [-0.25, -0.2) is 0 Å². The number of aromatic nitrogens is 1. The zero-order chi connectivity index (χ0) is 37.6. The average Bonchev–Trinajstić information content (AvgIpc) is 3.40. The molecule has 1 aliphatic rings. The molecule has 0 spiro atoms. The van der Waals surface area contributed by atoms with Crippen LogP contribution in [-0.4, -0.2) is 49.0 Å². The summed E-state index contributed by atoms with van der Waals surface area (Å²) in [6.07, 6.45) is 9.05. The molecule has 282 valence electrons. The first-order valence-corrected chi connectivity index (χ1v) is 19.8. The predicted octanol–water partition coefficient (Wildman–Crippen LogP) is 11.7. The van der Waals surface area contributed by atoms with Crippen LogP contribution in [0.3, 0.4) is 0 Å². The van der Waals surface area contributed by atoms with Gasteiger partial charge in [-0.3, -0.25) is 9.58 Å². The molecule has 1 saturated heterocycles. The van der Waals surface area contributed by atoms with Crippen molar-refractivity contribution in [3.8, 4) is 5.75 Å². The lowest BCUT2D eigenvalue weighted by Crippen LogP contribution is -2.37. The molecule has 1 aliphatic heterocycles. The van der Waals surface area contributed by atoms with Crippen molar-refractivity contribution in [1.29, 1.82) is 0 Å². The Balaban J connectivity index is 0.000000467. The van der Waals surface area contributed by atoms with Gasteiger partial charge in [0, 0.05) is 30.9 Å². The molecule has 51 heavy (non-hydrogen) atoms. The first-order valence-electron chi connectivity index (χ1n) is 19.8. The van der Waals surface area contributed by atoms with Crippen LogP contribution in [0.15, 0.2) is 78.9 Å². The Morgan fingerprint density at radius 2 is 1.43 bits per heavy atom. The Morgan fingerprint density at radius 1 is 0.824 bits per heavy atom. The maximum absolute atomic E-state index is 6.78. The van der Waals surface area contributed by atoms with Crippen molar-refractivity contribution in [3.05, 3.63) is 112 Å². The maximum atomic E-state index is 6.78. The Labute approximate surface area is 312 Å². The van der Waals surface area contributed by atoms with Gasteiger partial charge in [0.25, 0.3) is 0 Å². The molecule has 1 unspecified atom stereocenters. The van der Waals surface area contributed by atoms with Gasteiger partial charge < -0.3 is 15.3 Å². The summed E-state index contributed by atoms with van der Waals surface area (Å²) in [5, 5.41) is 1.31. The molecular weight excluding hydrogens is 627 g/mol. The highest BCUT2D eigenvalue weighted by molar-refractivity contribution is 5.87. The maximum Gasteiger partial charge on any atom is 0.119 e. The predicted molar refractivity (Wildman–Crippen MR) is 223 cm³/mol. The van der Waals surface area contributed by atoms with Gasteiger partial charge in [0.15, 0.2) is 0 Å². The highest BCUT2D eigenvalue weighted by Crippen LogP contribution is 2.38. The standard InChI is InChI=1S/C30H43N3O2.C8H10.C6H12.C2H6/c1-4-6-9-26(30-27(8-5-2)28-22-23(3)10-15-29(28)33(30)31)24-11-13-25(14-12-24)35-19-7-16-32-17-20-34-21-18-32;1-7-3-5-8(2)6-4-7;1-4-5-6(2)3;1-2/h10-15,22,26H,4-9,16-21,31H2,1-3H3;3-6H,1-2H3;2,4-5H2,1,3H3;1-2H3. The first kappa shape index (κ1) is 43.6. The fourth-order valence-electron chi connectivity index (χ4n) is 6.44. The molecule has 0 saturated carbocycles. The quantitative estimate of drug-likeness (QED) is 0.0809. The summed E-state index contributed by atoms with van der Waals surface area (Å²) in [6, 6.07) is 23.9. The monoisotopic (exact) mass is 698 g/mol. The third-order valence-corrected chi connectivity index (χ3v) is 9.15. The molecular formula is C46H71N3O2. The van der Waals surface area contributed by atoms with E-state index in [4.69, 9.17) is 15.3 Å². The number of nitrogens with two attached hydrogens (primary N) is 1. The van der Waals surface area contributed by atoms with Gasteiger partial charge in [-0.05, 0) is 88.8 Å². The largest absolute Gasteiger partial charge is 0.494 e. The van der Waals surface area contributed by atoms with Crippen molar-refractivity contribution in [2.75, 3.05) is 45.3 Å². The zero-order valence-electron chi connectivity index (χ0n) is 33.8. The van der Waals surface area contributed by atoms with Crippen LogP contribution in [0.25, 0.3) is 10.9 Å². The molecule has 5 nitrogen and oxygen atoms in total. The Kier molecular flexibility index (Phi) is 21.1. The van der Waals surface area contributed by atoms with Gasteiger partial charge in [0.2, 0.25) is 0 Å². The lowest BCUT2D eigenvalue weighted by Gasteiger charge is -2.26. The number of unbranched alkanes of at least 4 members (excludes halogenated alkanes) is 1. The van der Waals surface area contributed by atoms with Gasteiger partial charge >= 0.3 is 0 Å². The van der Waals surface area contributed by atoms with Crippen molar-refractivity contribution in [1.82, 2.24) is 9.58 Å². The summed E-state index contributed by atoms with van der Waals surface area (Å²) < 4.78 is 13.5. The molecule has 0 aliphatic carbocycles. The van der Waals surface area contributed by atoms with Crippen LogP contribution < -0.4 is 10.6 Å². The minimum Gasteiger partial charge on any atom is -0.494 e. The fourth-order valence-corrected chi connectivity index (χ4v) is 6.44. The molecule has 0 amide bonds. The Bertz CT molecular complexity index is 1490. The molecule has 1 fully saturated rings. The molecule has 0 bridgehead atoms. The molecule has 5 heteroatoms. The highest BCUT2D eigenvalue weighted by atomic mass is 16.5. The number of ether oxygens (including phenoxy) is 2. The van der Waals surface area contributed by atoms with E-state index in [1.807, 2.05) is 18.5 Å². The van der Waals surface area contributed by atoms with Crippen LogP contribution in [0, 0.1) is 20.8 Å². The van der Waals surface area contributed by atoms with E-state index in [-0.39, 0.29) is 5.92 Å². The van der Waals surface area contributed by atoms with Crippen molar-refractivity contribution < 1.29 is 9.47 Å². The average molecular weight is 698 g/mol. The summed E-state index contributed by atoms with van der Waals surface area (Å²) in [7, 11) is 0. The normalized spacial score (nSPS) is 13.2. The highest BCUT2D eigenvalue weighted by Gasteiger charge is 2.24. The lowest BCUT2D eigenvalue weighted by molar-refractivity contribution is 0.0358. The van der Waals surface area contributed by atoms with Crippen molar-refractivity contribution in [2.24, 2.45) is 0 Å². The van der Waals surface area contributed by atoms with Gasteiger partial charge in [0.1, 0.15) is 5.75 Å². The van der Waals surface area contributed by atoms with E-state index in [0.29, 0.717) is 0 Å². The van der Waals surface area contributed by atoms with Crippen LogP contribution >= 0.6 is 0 Å². The SMILES string of the molecule is C=C(C)CCC.CC.CCCCC(c1ccc(OCCCN2CCOCC2)cc1)c1c(CCC)c2cc(C)ccc2n1N.Cc1ccc(C)cc1. The zero-order valence-corrected chi connectivity index (χ0v) is 33.8. The molecule has 5 rings (SSSR count). The number of hydrogen-bond donors (Lipinski definition) is 1. The van der Waals surface area contributed by atoms with Crippen molar-refractivity contribution in [2.45, 2.75) is 120 Å². The summed E-state index contributed by atoms with van der Waals surface area (Å²) in [5.41, 5.74) is 10.4. The molecule has 3 aromatic carbocycles. The lowest BCUT2D eigenvalue weighted by atomic mass is 9.87.